The van der Waals surface area contributed by atoms with E-state index in [0.29, 0.717) is 11.1 Å². The number of hydrogen-bond donors (Lipinski definition) is 3. The number of unbranched alkanes of at least 4 members (excludes halogenated alkanes) is 1. The van der Waals surface area contributed by atoms with Crippen LogP contribution in [0.25, 0.3) is 0 Å². The minimum absolute atomic E-state index is 0. The van der Waals surface area contributed by atoms with Crippen molar-refractivity contribution in [2.75, 3.05) is 6.54 Å². The van der Waals surface area contributed by atoms with Crippen LogP contribution in [0, 0.1) is 0 Å². The number of carbonyl (C=O) groups is 2. The predicted octanol–water partition coefficient (Wildman–Crippen LogP) is 0.458. The summed E-state index contributed by atoms with van der Waals surface area (Å²) in [7, 11) is -4.48. The maximum Gasteiger partial charge on any atom is 2.00 e. The molecule has 4 N–H and O–H groups in total. The number of hydrogen-bond acceptors (Lipinski definition) is 5. The topological polar surface area (TPSA) is 121 Å². The molecule has 2 amide bonds. The first-order valence-corrected chi connectivity index (χ1v) is 6.52. The van der Waals surface area contributed by atoms with E-state index in [0.717, 1.165) is 6.42 Å². The fourth-order valence-corrected chi connectivity index (χ4v) is 1.66. The summed E-state index contributed by atoms with van der Waals surface area (Å²) in [5, 5.41) is -1.75. The van der Waals surface area contributed by atoms with Gasteiger partial charge in [-0.2, -0.15) is 0 Å². The van der Waals surface area contributed by atoms with Gasteiger partial charge in [-0.3, -0.25) is 4.67 Å². The summed E-state index contributed by atoms with van der Waals surface area (Å²) in [6.07, 6.45) is 1.28. The van der Waals surface area contributed by atoms with E-state index in [1.807, 2.05) is 6.92 Å². The molecule has 0 rings (SSSR count). The molecule has 7 nitrogen and oxygen atoms in total. The van der Waals surface area contributed by atoms with Crippen molar-refractivity contribution in [1.29, 1.82) is 0 Å². The summed E-state index contributed by atoms with van der Waals surface area (Å²) in [6, 6.07) is 0. The number of primary amides is 1. The van der Waals surface area contributed by atoms with Crippen LogP contribution in [0.4, 0.5) is 9.59 Å². The van der Waals surface area contributed by atoms with Gasteiger partial charge in [0.25, 0.3) is 0 Å². The first-order valence-electron chi connectivity index (χ1n) is 4.13. The van der Waals surface area contributed by atoms with Crippen LogP contribution in [0.1, 0.15) is 19.8 Å². The van der Waals surface area contributed by atoms with Crippen molar-refractivity contribution in [3.05, 3.63) is 0 Å². The first kappa shape index (κ1) is 22.3. The Hall–Kier alpha value is 0.153. The molecular formula is C6H13N2O5PS2Zn. The second-order valence-electron chi connectivity index (χ2n) is 2.57. The molecule has 0 unspecified atom stereocenters. The van der Waals surface area contributed by atoms with Gasteiger partial charge in [0, 0.05) is 6.54 Å². The van der Waals surface area contributed by atoms with E-state index in [-0.39, 0.29) is 26.0 Å². The van der Waals surface area contributed by atoms with Gasteiger partial charge in [0.2, 0.25) is 0 Å². The van der Waals surface area contributed by atoms with Gasteiger partial charge >= 0.3 is 27.2 Å². The van der Waals surface area contributed by atoms with Crippen LogP contribution < -0.4 is 5.73 Å². The van der Waals surface area contributed by atoms with Crippen molar-refractivity contribution >= 4 is 43.5 Å². The van der Waals surface area contributed by atoms with Crippen LogP contribution in [-0.2, 0) is 49.3 Å². The summed E-state index contributed by atoms with van der Waals surface area (Å²) < 4.78 is 11.0. The van der Waals surface area contributed by atoms with Gasteiger partial charge in [-0.05, 0) is 6.42 Å². The van der Waals surface area contributed by atoms with Crippen molar-refractivity contribution < 1.29 is 43.4 Å². The fourth-order valence-electron chi connectivity index (χ4n) is 0.636. The maximum atomic E-state index is 10.6. The van der Waals surface area contributed by atoms with Gasteiger partial charge in [0.05, 0.1) is 5.24 Å². The van der Waals surface area contributed by atoms with E-state index in [1.165, 1.54) is 0 Å². The summed E-state index contributed by atoms with van der Waals surface area (Å²) in [4.78, 5) is 36.8. The van der Waals surface area contributed by atoms with Crippen molar-refractivity contribution in [2.45, 2.75) is 19.8 Å². The molecule has 0 aliphatic rings. The summed E-state index contributed by atoms with van der Waals surface area (Å²) in [5.41, 5.74) is 4.29. The third kappa shape index (κ3) is 16.2. The van der Waals surface area contributed by atoms with E-state index in [1.54, 1.807) is 0 Å². The predicted molar refractivity (Wildman–Crippen MR) is 63.4 cm³/mol. The molecule has 0 radical (unpaired) electrons. The van der Waals surface area contributed by atoms with Crippen molar-refractivity contribution in [1.82, 2.24) is 4.67 Å². The van der Waals surface area contributed by atoms with Crippen molar-refractivity contribution in [3.63, 3.8) is 0 Å². The zero-order valence-electron chi connectivity index (χ0n) is 9.24. The van der Waals surface area contributed by atoms with E-state index in [4.69, 9.17) is 14.6 Å². The van der Waals surface area contributed by atoms with Crippen LogP contribution in [0.2, 0.25) is 0 Å². The molecule has 0 aliphatic heterocycles. The molecule has 11 heteroatoms. The largest absolute Gasteiger partial charge is 2.00 e. The monoisotopic (exact) mass is 352 g/mol. The Labute approximate surface area is 123 Å². The molecule has 0 aromatic heterocycles. The van der Waals surface area contributed by atoms with Gasteiger partial charge in [0.1, 0.15) is 5.24 Å². The third-order valence-corrected chi connectivity index (χ3v) is 2.62. The first-order chi connectivity index (χ1) is 7.12. The van der Waals surface area contributed by atoms with E-state index >= 15 is 0 Å². The summed E-state index contributed by atoms with van der Waals surface area (Å²) >= 11 is 7.92. The van der Waals surface area contributed by atoms with Gasteiger partial charge < -0.3 is 50.4 Å². The molecular weight excluding hydrogens is 341 g/mol. The van der Waals surface area contributed by atoms with Crippen molar-refractivity contribution in [3.8, 4) is 0 Å². The summed E-state index contributed by atoms with van der Waals surface area (Å²) in [6.45, 7) is 1.87. The van der Waals surface area contributed by atoms with Crippen LogP contribution in [0.3, 0.4) is 0 Å². The van der Waals surface area contributed by atoms with Gasteiger partial charge in [-0.25, -0.2) is 4.57 Å². The molecule has 0 aliphatic carbocycles. The van der Waals surface area contributed by atoms with E-state index in [2.05, 4.69) is 31.0 Å². The Morgan fingerprint density at radius 3 is 1.88 bits per heavy atom. The third-order valence-electron chi connectivity index (χ3n) is 1.25. The van der Waals surface area contributed by atoms with Gasteiger partial charge in [-0.1, -0.05) is 13.3 Å². The minimum Gasteiger partial charge on any atom is -0.719 e. The molecule has 0 heterocycles. The zero-order chi connectivity index (χ0) is 13.4. The average molecular weight is 354 g/mol. The molecule has 96 valence electrons. The zero-order valence-corrected chi connectivity index (χ0v) is 14.7. The SMILES string of the molecule is CCCCN(C(=O)[S-])P(=O)(O)O.NC(=O)[S-].[Zn+2]. The Morgan fingerprint density at radius 2 is 1.71 bits per heavy atom. The van der Waals surface area contributed by atoms with E-state index in [9.17, 15) is 9.36 Å². The molecule has 0 spiro atoms. The number of amides is 2. The second kappa shape index (κ2) is 11.3. The molecule has 17 heavy (non-hydrogen) atoms. The number of nitrogens with zero attached hydrogens (tertiary/aromatic N) is 1. The fraction of sp³-hybridized carbons (Fsp3) is 0.667. The molecule has 0 aromatic carbocycles. The van der Waals surface area contributed by atoms with Crippen LogP contribution >= 0.6 is 7.75 Å². The number of nitrogens with two attached hydrogens (primary N) is 1. The summed E-state index contributed by atoms with van der Waals surface area (Å²) in [5.74, 6) is 0. The Kier molecular flexibility index (Phi) is 14.8. The van der Waals surface area contributed by atoms with Crippen LogP contribution in [0.15, 0.2) is 0 Å². The number of carbonyl (C=O) groups excluding carboxylic acids is 2. The Bertz CT molecular complexity index is 284. The van der Waals surface area contributed by atoms with Crippen LogP contribution in [-0.4, -0.2) is 31.5 Å². The second-order valence-corrected chi connectivity index (χ2v) is 4.84. The molecule has 0 fully saturated rings. The van der Waals surface area contributed by atoms with Crippen molar-refractivity contribution in [2.24, 2.45) is 5.73 Å². The Balaban J connectivity index is -0.000000340. The standard InChI is InChI=1S/C5H12NO4PS.CH3NOS.Zn/c1-2-3-4-6(5(7)12)11(8,9)10;2-1(3)4;/h2-4H2,1H3,(H,7,12)(H2,8,9,10);(H3,2,3,4);/q;;+2/p-2. The minimum atomic E-state index is -4.48. The van der Waals surface area contributed by atoms with Gasteiger partial charge in [-0.15, -0.1) is 0 Å². The average Bonchev–Trinajstić information content (AvgIpc) is 2.00. The van der Waals surface area contributed by atoms with Gasteiger partial charge in [0.15, 0.2) is 0 Å². The van der Waals surface area contributed by atoms with E-state index < -0.39 is 18.2 Å². The maximum absolute atomic E-state index is 10.6. The Morgan fingerprint density at radius 1 is 1.35 bits per heavy atom. The molecule has 0 atom stereocenters. The molecule has 0 saturated carbocycles. The molecule has 0 bridgehead atoms. The van der Waals surface area contributed by atoms with Crippen LogP contribution in [0.5, 0.6) is 0 Å². The quantitative estimate of drug-likeness (QED) is 0.381. The number of rotatable bonds is 4. The normalized spacial score (nSPS) is 9.35. The molecule has 0 saturated heterocycles. The molecule has 0 aromatic rings. The smallest absolute Gasteiger partial charge is 0.719 e.